The van der Waals surface area contributed by atoms with E-state index in [0.717, 1.165) is 13.0 Å². The van der Waals surface area contributed by atoms with E-state index in [1.807, 2.05) is 0 Å². The molecule has 3 heteroatoms. The summed E-state index contributed by atoms with van der Waals surface area (Å²) in [4.78, 5) is 0. The molecule has 1 unspecified atom stereocenters. The quantitative estimate of drug-likeness (QED) is 0.782. The monoisotopic (exact) mass is 209 g/mol. The van der Waals surface area contributed by atoms with Gasteiger partial charge in [-0.15, -0.1) is 0 Å². The lowest BCUT2D eigenvalue weighted by atomic mass is 9.97. The molecule has 2 N–H and O–H groups in total. The second-order valence-electron chi connectivity index (χ2n) is 4.13. The fourth-order valence-corrected chi connectivity index (χ4v) is 2.08. The van der Waals surface area contributed by atoms with Gasteiger partial charge < -0.3 is 10.4 Å². The Bertz CT molecular complexity index is 334. The van der Waals surface area contributed by atoms with Crippen LogP contribution in [0.15, 0.2) is 18.2 Å². The van der Waals surface area contributed by atoms with Gasteiger partial charge in [0.1, 0.15) is 11.6 Å². The van der Waals surface area contributed by atoms with Gasteiger partial charge in [0.05, 0.1) is 0 Å². The van der Waals surface area contributed by atoms with E-state index in [9.17, 15) is 9.50 Å². The summed E-state index contributed by atoms with van der Waals surface area (Å²) in [7, 11) is 0. The first-order valence-electron chi connectivity index (χ1n) is 5.46. The number of aromatic hydroxyl groups is 1. The molecule has 1 fully saturated rings. The van der Waals surface area contributed by atoms with Crippen molar-refractivity contribution in [2.75, 3.05) is 6.54 Å². The molecule has 0 radical (unpaired) electrons. The molecule has 0 spiro atoms. The van der Waals surface area contributed by atoms with Gasteiger partial charge in [-0.05, 0) is 49.6 Å². The van der Waals surface area contributed by atoms with Crippen LogP contribution in [0.25, 0.3) is 0 Å². The highest BCUT2D eigenvalue weighted by atomic mass is 19.1. The summed E-state index contributed by atoms with van der Waals surface area (Å²) in [5.41, 5.74) is 0.606. The van der Waals surface area contributed by atoms with E-state index >= 15 is 0 Å². The maximum absolute atomic E-state index is 13.4. The fourth-order valence-electron chi connectivity index (χ4n) is 2.08. The molecule has 1 aromatic rings. The number of phenolic OH excluding ortho intramolecular Hbond substituents is 1. The lowest BCUT2D eigenvalue weighted by Crippen LogP contribution is -2.35. The predicted octanol–water partition coefficient (Wildman–Crippen LogP) is 2.22. The maximum atomic E-state index is 13.4. The van der Waals surface area contributed by atoms with Crippen molar-refractivity contribution in [3.05, 3.63) is 29.6 Å². The van der Waals surface area contributed by atoms with Crippen LogP contribution in [0.2, 0.25) is 0 Å². The SMILES string of the molecule is Oc1ccc(F)c(CC2CCCCN2)c1. The van der Waals surface area contributed by atoms with Crippen LogP contribution in [0.1, 0.15) is 24.8 Å². The fraction of sp³-hybridized carbons (Fsp3) is 0.500. The van der Waals surface area contributed by atoms with Crippen LogP contribution in [0.4, 0.5) is 4.39 Å². The van der Waals surface area contributed by atoms with Gasteiger partial charge >= 0.3 is 0 Å². The van der Waals surface area contributed by atoms with Crippen LogP contribution in [-0.4, -0.2) is 17.7 Å². The summed E-state index contributed by atoms with van der Waals surface area (Å²) in [6.07, 6.45) is 4.17. The Hall–Kier alpha value is -1.09. The zero-order chi connectivity index (χ0) is 10.7. The summed E-state index contributed by atoms with van der Waals surface area (Å²) < 4.78 is 13.4. The molecule has 2 nitrogen and oxygen atoms in total. The van der Waals surface area contributed by atoms with Crippen LogP contribution >= 0.6 is 0 Å². The number of nitrogens with one attached hydrogen (secondary N) is 1. The zero-order valence-corrected chi connectivity index (χ0v) is 8.67. The summed E-state index contributed by atoms with van der Waals surface area (Å²) in [6, 6.07) is 4.58. The van der Waals surface area contributed by atoms with E-state index in [-0.39, 0.29) is 11.6 Å². The van der Waals surface area contributed by atoms with Gasteiger partial charge in [-0.1, -0.05) is 6.42 Å². The molecule has 1 aromatic carbocycles. The zero-order valence-electron chi connectivity index (χ0n) is 8.67. The number of benzene rings is 1. The first-order chi connectivity index (χ1) is 7.25. The minimum Gasteiger partial charge on any atom is -0.508 e. The molecule has 0 bridgehead atoms. The molecule has 0 saturated carbocycles. The minimum absolute atomic E-state index is 0.141. The van der Waals surface area contributed by atoms with E-state index in [1.165, 1.54) is 31.0 Å². The second kappa shape index (κ2) is 4.62. The van der Waals surface area contributed by atoms with Gasteiger partial charge in [0, 0.05) is 6.04 Å². The third-order valence-corrected chi connectivity index (χ3v) is 2.91. The third kappa shape index (κ3) is 2.69. The highest BCUT2D eigenvalue weighted by molar-refractivity contribution is 5.29. The van der Waals surface area contributed by atoms with Gasteiger partial charge in [-0.3, -0.25) is 0 Å². The average Bonchev–Trinajstić information content (AvgIpc) is 2.25. The van der Waals surface area contributed by atoms with Crippen LogP contribution in [-0.2, 0) is 6.42 Å². The van der Waals surface area contributed by atoms with Gasteiger partial charge in [0.2, 0.25) is 0 Å². The van der Waals surface area contributed by atoms with Crippen molar-refractivity contribution in [3.63, 3.8) is 0 Å². The minimum atomic E-state index is -0.222. The first-order valence-corrected chi connectivity index (χ1v) is 5.46. The van der Waals surface area contributed by atoms with Crippen LogP contribution in [0.3, 0.4) is 0 Å². The molecular weight excluding hydrogens is 193 g/mol. The molecule has 1 aliphatic heterocycles. The number of hydrogen-bond acceptors (Lipinski definition) is 2. The summed E-state index contributed by atoms with van der Waals surface area (Å²) in [5.74, 6) is -0.0811. The number of halogens is 1. The molecule has 2 rings (SSSR count). The van der Waals surface area contributed by atoms with Gasteiger partial charge in [-0.25, -0.2) is 4.39 Å². The highest BCUT2D eigenvalue weighted by Crippen LogP contribution is 2.19. The van der Waals surface area contributed by atoms with Crippen molar-refractivity contribution in [1.82, 2.24) is 5.32 Å². The topological polar surface area (TPSA) is 32.3 Å². The van der Waals surface area contributed by atoms with Crippen molar-refractivity contribution in [1.29, 1.82) is 0 Å². The lowest BCUT2D eigenvalue weighted by Gasteiger charge is -2.23. The van der Waals surface area contributed by atoms with Gasteiger partial charge in [0.15, 0.2) is 0 Å². The van der Waals surface area contributed by atoms with Crippen molar-refractivity contribution in [2.45, 2.75) is 31.7 Å². The number of rotatable bonds is 2. The molecule has 1 saturated heterocycles. The number of phenols is 1. The van der Waals surface area contributed by atoms with Crippen molar-refractivity contribution in [3.8, 4) is 5.75 Å². The Morgan fingerprint density at radius 3 is 3.00 bits per heavy atom. The van der Waals surface area contributed by atoms with Gasteiger partial charge in [-0.2, -0.15) is 0 Å². The Morgan fingerprint density at radius 1 is 1.40 bits per heavy atom. The Kier molecular flexibility index (Phi) is 3.21. The van der Waals surface area contributed by atoms with Crippen LogP contribution in [0, 0.1) is 5.82 Å². The Labute approximate surface area is 89.1 Å². The normalized spacial score (nSPS) is 21.5. The first kappa shape index (κ1) is 10.4. The summed E-state index contributed by atoms with van der Waals surface area (Å²) >= 11 is 0. The van der Waals surface area contributed by atoms with E-state index < -0.39 is 0 Å². The lowest BCUT2D eigenvalue weighted by molar-refractivity contribution is 0.394. The molecule has 0 aliphatic carbocycles. The molecule has 15 heavy (non-hydrogen) atoms. The summed E-state index contributed by atoms with van der Waals surface area (Å²) in [6.45, 7) is 1.02. The van der Waals surface area contributed by atoms with Gasteiger partial charge in [0.25, 0.3) is 0 Å². The molecule has 0 amide bonds. The molecule has 1 atom stereocenters. The Morgan fingerprint density at radius 2 is 2.27 bits per heavy atom. The van der Waals surface area contributed by atoms with E-state index in [1.54, 1.807) is 0 Å². The number of piperidine rings is 1. The van der Waals surface area contributed by atoms with Crippen LogP contribution in [0.5, 0.6) is 5.75 Å². The largest absolute Gasteiger partial charge is 0.508 e. The smallest absolute Gasteiger partial charge is 0.126 e. The molecule has 82 valence electrons. The molecule has 0 aromatic heterocycles. The standard InChI is InChI=1S/C12H16FNO/c13-12-5-4-11(15)8-9(12)7-10-3-1-2-6-14-10/h4-5,8,10,14-15H,1-3,6-7H2. The molecule has 1 heterocycles. The van der Waals surface area contributed by atoms with Crippen molar-refractivity contribution >= 4 is 0 Å². The second-order valence-corrected chi connectivity index (χ2v) is 4.13. The predicted molar refractivity (Wildman–Crippen MR) is 57.4 cm³/mol. The van der Waals surface area contributed by atoms with Crippen molar-refractivity contribution in [2.24, 2.45) is 0 Å². The van der Waals surface area contributed by atoms with E-state index in [2.05, 4.69) is 5.32 Å². The Balaban J connectivity index is 2.05. The van der Waals surface area contributed by atoms with Crippen molar-refractivity contribution < 1.29 is 9.50 Å². The maximum Gasteiger partial charge on any atom is 0.126 e. The van der Waals surface area contributed by atoms with E-state index in [4.69, 9.17) is 0 Å². The average molecular weight is 209 g/mol. The van der Waals surface area contributed by atoms with Crippen LogP contribution < -0.4 is 5.32 Å². The summed E-state index contributed by atoms with van der Waals surface area (Å²) in [5, 5.41) is 12.6. The molecule has 1 aliphatic rings. The third-order valence-electron chi connectivity index (χ3n) is 2.91. The van der Waals surface area contributed by atoms with E-state index in [0.29, 0.717) is 18.0 Å². The number of hydrogen-bond donors (Lipinski definition) is 2. The molecular formula is C12H16FNO. The highest BCUT2D eigenvalue weighted by Gasteiger charge is 2.15.